The standard InChI is InChI=1S/C16H19N5O3/c22-14(11-9-17-4-5-18-11)19-10-3-7-21-13(8-10)16(24)20-6-1-2-12(20)15(21)23/h4-5,9-10,12-13H,1-3,6-8H2,(H,19,22). The molecule has 0 spiro atoms. The molecule has 0 radical (unpaired) electrons. The van der Waals surface area contributed by atoms with Gasteiger partial charge in [-0.05, 0) is 25.7 Å². The van der Waals surface area contributed by atoms with Gasteiger partial charge in [0.1, 0.15) is 17.8 Å². The van der Waals surface area contributed by atoms with Crippen LogP contribution in [-0.4, -0.2) is 68.7 Å². The van der Waals surface area contributed by atoms with Crippen LogP contribution in [-0.2, 0) is 9.59 Å². The van der Waals surface area contributed by atoms with Gasteiger partial charge in [0.05, 0.1) is 6.20 Å². The van der Waals surface area contributed by atoms with E-state index in [1.54, 1.807) is 9.80 Å². The molecule has 3 aliphatic rings. The largest absolute Gasteiger partial charge is 0.348 e. The first-order valence-corrected chi connectivity index (χ1v) is 8.33. The molecule has 0 aliphatic carbocycles. The van der Waals surface area contributed by atoms with E-state index in [0.717, 1.165) is 12.8 Å². The Hall–Kier alpha value is -2.51. The van der Waals surface area contributed by atoms with E-state index in [9.17, 15) is 14.4 Å². The van der Waals surface area contributed by atoms with Crippen LogP contribution in [0.15, 0.2) is 18.6 Å². The number of aromatic nitrogens is 2. The van der Waals surface area contributed by atoms with Gasteiger partial charge in [-0.2, -0.15) is 0 Å². The third-order valence-electron chi connectivity index (χ3n) is 5.12. The van der Waals surface area contributed by atoms with Crippen molar-refractivity contribution in [2.45, 2.75) is 43.8 Å². The lowest BCUT2D eigenvalue weighted by atomic mass is 9.92. The van der Waals surface area contributed by atoms with Crippen LogP contribution in [0, 0.1) is 0 Å². The van der Waals surface area contributed by atoms with Crippen LogP contribution >= 0.6 is 0 Å². The number of hydrogen-bond donors (Lipinski definition) is 1. The zero-order valence-corrected chi connectivity index (χ0v) is 13.2. The molecule has 3 fully saturated rings. The third-order valence-corrected chi connectivity index (χ3v) is 5.12. The Morgan fingerprint density at radius 1 is 1.08 bits per heavy atom. The van der Waals surface area contributed by atoms with Crippen molar-refractivity contribution < 1.29 is 14.4 Å². The van der Waals surface area contributed by atoms with E-state index >= 15 is 0 Å². The van der Waals surface area contributed by atoms with Gasteiger partial charge in [-0.15, -0.1) is 0 Å². The first kappa shape index (κ1) is 15.0. The second kappa shape index (κ2) is 5.85. The van der Waals surface area contributed by atoms with Crippen LogP contribution in [0.25, 0.3) is 0 Å². The Balaban J connectivity index is 1.46. The molecule has 4 rings (SSSR count). The predicted octanol–water partition coefficient (Wildman–Crippen LogP) is -0.429. The Morgan fingerprint density at radius 2 is 1.88 bits per heavy atom. The Kier molecular flexibility index (Phi) is 3.66. The Labute approximate surface area is 139 Å². The lowest BCUT2D eigenvalue weighted by molar-refractivity contribution is -0.161. The smallest absolute Gasteiger partial charge is 0.271 e. The van der Waals surface area contributed by atoms with Gasteiger partial charge < -0.3 is 15.1 Å². The number of carbonyl (C=O) groups excluding carboxylic acids is 3. The van der Waals surface area contributed by atoms with Crippen LogP contribution in [0.1, 0.15) is 36.2 Å². The minimum Gasteiger partial charge on any atom is -0.348 e. The normalized spacial score (nSPS) is 29.2. The molecule has 3 saturated heterocycles. The van der Waals surface area contributed by atoms with E-state index in [4.69, 9.17) is 0 Å². The minimum atomic E-state index is -0.451. The highest BCUT2D eigenvalue weighted by Gasteiger charge is 2.49. The fourth-order valence-electron chi connectivity index (χ4n) is 3.94. The van der Waals surface area contributed by atoms with Gasteiger partial charge in [-0.1, -0.05) is 0 Å². The average Bonchev–Trinajstić information content (AvgIpc) is 3.10. The van der Waals surface area contributed by atoms with E-state index in [1.807, 2.05) is 0 Å². The Bertz CT molecular complexity index is 680. The number of piperazine rings is 1. The fraction of sp³-hybridized carbons (Fsp3) is 0.562. The van der Waals surface area contributed by atoms with Crippen LogP contribution in [0.4, 0.5) is 0 Å². The number of nitrogens with zero attached hydrogens (tertiary/aromatic N) is 4. The summed E-state index contributed by atoms with van der Waals surface area (Å²) in [5.41, 5.74) is 0.255. The second-order valence-electron chi connectivity index (χ2n) is 6.52. The molecule has 126 valence electrons. The summed E-state index contributed by atoms with van der Waals surface area (Å²) >= 11 is 0. The van der Waals surface area contributed by atoms with Crippen molar-refractivity contribution in [2.75, 3.05) is 13.1 Å². The monoisotopic (exact) mass is 329 g/mol. The number of amides is 3. The highest BCUT2D eigenvalue weighted by molar-refractivity contribution is 5.98. The van der Waals surface area contributed by atoms with Crippen molar-refractivity contribution in [3.63, 3.8) is 0 Å². The number of rotatable bonds is 2. The molecule has 0 bridgehead atoms. The van der Waals surface area contributed by atoms with E-state index in [-0.39, 0.29) is 35.5 Å². The second-order valence-corrected chi connectivity index (χ2v) is 6.52. The van der Waals surface area contributed by atoms with Gasteiger partial charge >= 0.3 is 0 Å². The van der Waals surface area contributed by atoms with Gasteiger partial charge in [0.25, 0.3) is 5.91 Å². The molecule has 1 N–H and O–H groups in total. The van der Waals surface area contributed by atoms with Crippen molar-refractivity contribution in [3.05, 3.63) is 24.3 Å². The van der Waals surface area contributed by atoms with Crippen molar-refractivity contribution in [2.24, 2.45) is 0 Å². The minimum absolute atomic E-state index is 0.0237. The zero-order chi connectivity index (χ0) is 16.7. The molecule has 3 unspecified atom stereocenters. The fourth-order valence-corrected chi connectivity index (χ4v) is 3.94. The topological polar surface area (TPSA) is 95.5 Å². The molecular weight excluding hydrogens is 310 g/mol. The summed E-state index contributed by atoms with van der Waals surface area (Å²) < 4.78 is 0. The van der Waals surface area contributed by atoms with Crippen LogP contribution in [0.2, 0.25) is 0 Å². The van der Waals surface area contributed by atoms with E-state index in [2.05, 4.69) is 15.3 Å². The summed E-state index contributed by atoms with van der Waals surface area (Å²) in [6.45, 7) is 1.17. The first-order chi connectivity index (χ1) is 11.6. The average molecular weight is 329 g/mol. The number of hydrogen-bond acceptors (Lipinski definition) is 5. The number of carbonyl (C=O) groups is 3. The maximum atomic E-state index is 12.7. The summed E-state index contributed by atoms with van der Waals surface area (Å²) in [6, 6.07) is -0.857. The van der Waals surface area contributed by atoms with Gasteiger partial charge in [-0.3, -0.25) is 19.4 Å². The molecule has 24 heavy (non-hydrogen) atoms. The number of nitrogens with one attached hydrogen (secondary N) is 1. The predicted molar refractivity (Wildman–Crippen MR) is 82.8 cm³/mol. The summed E-state index contributed by atoms with van der Waals surface area (Å²) in [7, 11) is 0. The van der Waals surface area contributed by atoms with Gasteiger partial charge in [0.2, 0.25) is 11.8 Å². The molecule has 3 atom stereocenters. The highest BCUT2D eigenvalue weighted by atomic mass is 16.2. The summed E-state index contributed by atoms with van der Waals surface area (Å²) in [6.07, 6.45) is 7.14. The lowest BCUT2D eigenvalue weighted by Gasteiger charge is -2.46. The first-order valence-electron chi connectivity index (χ1n) is 8.33. The molecule has 8 heteroatoms. The quantitative estimate of drug-likeness (QED) is 0.794. The molecule has 3 aliphatic heterocycles. The summed E-state index contributed by atoms with van der Waals surface area (Å²) in [5, 5.41) is 2.91. The van der Waals surface area contributed by atoms with Crippen LogP contribution in [0.5, 0.6) is 0 Å². The molecule has 0 aromatic carbocycles. The number of piperidine rings is 1. The molecular formula is C16H19N5O3. The van der Waals surface area contributed by atoms with Crippen LogP contribution in [0.3, 0.4) is 0 Å². The summed E-state index contributed by atoms with van der Waals surface area (Å²) in [4.78, 5) is 48.8. The molecule has 1 aromatic heterocycles. The third kappa shape index (κ3) is 2.42. The van der Waals surface area contributed by atoms with Gasteiger partial charge in [0.15, 0.2) is 0 Å². The van der Waals surface area contributed by atoms with Crippen molar-refractivity contribution in [1.82, 2.24) is 25.1 Å². The maximum absolute atomic E-state index is 12.7. The van der Waals surface area contributed by atoms with E-state index in [0.29, 0.717) is 25.9 Å². The maximum Gasteiger partial charge on any atom is 0.271 e. The summed E-state index contributed by atoms with van der Waals surface area (Å²) in [5.74, 6) is -0.207. The SMILES string of the molecule is O=C(NC1CCN2C(=O)C3CCCN3C(=O)C2C1)c1cnccn1. The molecule has 1 aromatic rings. The molecule has 0 saturated carbocycles. The van der Waals surface area contributed by atoms with E-state index in [1.165, 1.54) is 18.6 Å². The molecule has 3 amide bonds. The van der Waals surface area contributed by atoms with Gasteiger partial charge in [-0.25, -0.2) is 4.98 Å². The van der Waals surface area contributed by atoms with Crippen molar-refractivity contribution in [1.29, 1.82) is 0 Å². The molecule has 8 nitrogen and oxygen atoms in total. The highest BCUT2D eigenvalue weighted by Crippen LogP contribution is 2.31. The molecule has 4 heterocycles. The Morgan fingerprint density at radius 3 is 2.67 bits per heavy atom. The van der Waals surface area contributed by atoms with Gasteiger partial charge in [0, 0.05) is 31.5 Å². The van der Waals surface area contributed by atoms with Crippen molar-refractivity contribution in [3.8, 4) is 0 Å². The van der Waals surface area contributed by atoms with E-state index < -0.39 is 6.04 Å². The zero-order valence-electron chi connectivity index (χ0n) is 13.2. The van der Waals surface area contributed by atoms with Crippen molar-refractivity contribution >= 4 is 17.7 Å². The van der Waals surface area contributed by atoms with Crippen LogP contribution < -0.4 is 5.32 Å². The lowest BCUT2D eigenvalue weighted by Crippen LogP contribution is -2.66. The number of fused-ring (bicyclic) bond motifs is 2.